The lowest BCUT2D eigenvalue weighted by Gasteiger charge is -2.13. The Morgan fingerprint density at radius 3 is 2.80 bits per heavy atom. The smallest absolute Gasteiger partial charge is 0.230 e. The van der Waals surface area contributed by atoms with Gasteiger partial charge in [0.2, 0.25) is 5.91 Å². The van der Waals surface area contributed by atoms with Crippen molar-refractivity contribution in [2.75, 3.05) is 17.2 Å². The summed E-state index contributed by atoms with van der Waals surface area (Å²) in [4.78, 5) is 16.4. The van der Waals surface area contributed by atoms with Gasteiger partial charge in [0, 0.05) is 37.0 Å². The predicted octanol–water partition coefficient (Wildman–Crippen LogP) is 4.04. The molecule has 30 heavy (non-hydrogen) atoms. The molecule has 1 amide bonds. The van der Waals surface area contributed by atoms with Crippen LogP contribution in [0.3, 0.4) is 0 Å². The van der Waals surface area contributed by atoms with Crippen molar-refractivity contribution in [3.63, 3.8) is 0 Å². The molecule has 6 nitrogen and oxygen atoms in total. The highest BCUT2D eigenvalue weighted by Gasteiger charge is 2.18. The van der Waals surface area contributed by atoms with Crippen LogP contribution in [0.5, 0.6) is 11.5 Å². The third-order valence-corrected chi connectivity index (χ3v) is 4.73. The summed E-state index contributed by atoms with van der Waals surface area (Å²) < 4.78 is 20.3. The molecule has 4 rings (SSSR count). The molecule has 152 valence electrons. The van der Waals surface area contributed by atoms with Crippen molar-refractivity contribution in [2.24, 2.45) is 0 Å². The zero-order chi connectivity index (χ0) is 20.9. The summed E-state index contributed by atoms with van der Waals surface area (Å²) in [6, 6.07) is 15.4. The summed E-state index contributed by atoms with van der Waals surface area (Å²) in [6.07, 6.45) is 2.66. The number of hydrogen-bond acceptors (Lipinski definition) is 5. The fraction of sp³-hybridized carbons (Fsp3) is 0.136. The van der Waals surface area contributed by atoms with Gasteiger partial charge in [-0.1, -0.05) is 30.3 Å². The average molecular weight is 422 g/mol. The molecule has 3 N–H and O–H groups in total. The largest absolute Gasteiger partial charge is 0.452 e. The Balaban J connectivity index is 1.37. The van der Waals surface area contributed by atoms with Gasteiger partial charge in [-0.2, -0.15) is 0 Å². The van der Waals surface area contributed by atoms with E-state index < -0.39 is 5.82 Å². The quantitative estimate of drug-likeness (QED) is 0.539. The van der Waals surface area contributed by atoms with Crippen LogP contribution in [-0.4, -0.2) is 22.5 Å². The van der Waals surface area contributed by atoms with Crippen molar-refractivity contribution < 1.29 is 13.9 Å². The standard InChI is InChI=1S/C22H19FN4O2S/c23-16-13-15(26-22(30)27-20(28)12-14-4-2-1-3-5-14)6-7-18(16)29-19-9-11-24-17-8-10-25-21(17)19/h1-7,9,11,13,25H,8,10,12H2,(H2,26,27,28,30). The maximum absolute atomic E-state index is 14.6. The van der Waals surface area contributed by atoms with Gasteiger partial charge < -0.3 is 20.7 Å². The van der Waals surface area contributed by atoms with Crippen molar-refractivity contribution in [3.8, 4) is 11.5 Å². The SMILES string of the molecule is O=C(Cc1ccccc1)NC(=S)Nc1ccc(Oc2ccnc3c2NCC3)c(F)c1. The number of nitrogens with zero attached hydrogens (tertiary/aromatic N) is 1. The number of amides is 1. The molecule has 1 aliphatic rings. The Hall–Kier alpha value is -3.52. The first-order valence-electron chi connectivity index (χ1n) is 9.42. The molecular formula is C22H19FN4O2S. The van der Waals surface area contributed by atoms with Crippen LogP contribution in [0.15, 0.2) is 60.8 Å². The molecular weight excluding hydrogens is 403 g/mol. The number of aromatic nitrogens is 1. The highest BCUT2D eigenvalue weighted by Crippen LogP contribution is 2.35. The lowest BCUT2D eigenvalue weighted by Crippen LogP contribution is -2.35. The first-order valence-corrected chi connectivity index (χ1v) is 9.83. The van der Waals surface area contributed by atoms with Crippen LogP contribution in [0.1, 0.15) is 11.3 Å². The van der Waals surface area contributed by atoms with E-state index in [1.165, 1.54) is 12.1 Å². The zero-order valence-corrected chi connectivity index (χ0v) is 16.8. The van der Waals surface area contributed by atoms with Crippen LogP contribution in [-0.2, 0) is 17.6 Å². The van der Waals surface area contributed by atoms with Gasteiger partial charge in [-0.15, -0.1) is 0 Å². The second-order valence-electron chi connectivity index (χ2n) is 6.72. The molecule has 3 aromatic rings. The van der Waals surface area contributed by atoms with Crippen molar-refractivity contribution in [1.29, 1.82) is 0 Å². The number of halogens is 1. The number of carbonyl (C=O) groups is 1. The number of pyridine rings is 1. The van der Waals surface area contributed by atoms with E-state index in [1.54, 1.807) is 18.3 Å². The van der Waals surface area contributed by atoms with Crippen molar-refractivity contribution in [1.82, 2.24) is 10.3 Å². The topological polar surface area (TPSA) is 75.3 Å². The molecule has 0 spiro atoms. The van der Waals surface area contributed by atoms with Crippen LogP contribution < -0.4 is 20.7 Å². The molecule has 0 bridgehead atoms. The fourth-order valence-corrected chi connectivity index (χ4v) is 3.38. The minimum absolute atomic E-state index is 0.0849. The maximum Gasteiger partial charge on any atom is 0.230 e. The van der Waals surface area contributed by atoms with Crippen LogP contribution >= 0.6 is 12.2 Å². The first-order chi connectivity index (χ1) is 14.6. The predicted molar refractivity (Wildman–Crippen MR) is 117 cm³/mol. The summed E-state index contributed by atoms with van der Waals surface area (Å²) in [6.45, 7) is 0.779. The van der Waals surface area contributed by atoms with Crippen LogP contribution in [0.25, 0.3) is 0 Å². The highest BCUT2D eigenvalue weighted by atomic mass is 32.1. The molecule has 0 radical (unpaired) electrons. The molecule has 2 heterocycles. The third-order valence-electron chi connectivity index (χ3n) is 4.52. The second kappa shape index (κ2) is 8.87. The monoisotopic (exact) mass is 422 g/mol. The van der Waals surface area contributed by atoms with Gasteiger partial charge in [-0.25, -0.2) is 4.39 Å². The average Bonchev–Trinajstić information content (AvgIpc) is 3.20. The molecule has 0 unspecified atom stereocenters. The number of rotatable bonds is 5. The Labute approximate surface area is 178 Å². The van der Waals surface area contributed by atoms with E-state index in [9.17, 15) is 9.18 Å². The Bertz CT molecular complexity index is 1090. The van der Waals surface area contributed by atoms with E-state index >= 15 is 0 Å². The number of fused-ring (bicyclic) bond motifs is 1. The number of thiocarbonyl (C=S) groups is 1. The summed E-state index contributed by atoms with van der Waals surface area (Å²) in [5.41, 5.74) is 2.98. The number of anilines is 2. The van der Waals surface area contributed by atoms with Gasteiger partial charge in [0.1, 0.15) is 0 Å². The van der Waals surface area contributed by atoms with Crippen molar-refractivity contribution in [3.05, 3.63) is 77.9 Å². The fourth-order valence-electron chi connectivity index (χ4n) is 3.15. The lowest BCUT2D eigenvalue weighted by molar-refractivity contribution is -0.119. The minimum atomic E-state index is -0.554. The Kier molecular flexibility index (Phi) is 5.85. The molecule has 0 saturated carbocycles. The molecule has 0 fully saturated rings. The van der Waals surface area contributed by atoms with Gasteiger partial charge in [0.25, 0.3) is 0 Å². The lowest BCUT2D eigenvalue weighted by atomic mass is 10.1. The van der Waals surface area contributed by atoms with E-state index in [1.807, 2.05) is 30.3 Å². The molecule has 2 aromatic carbocycles. The van der Waals surface area contributed by atoms with E-state index in [-0.39, 0.29) is 23.2 Å². The van der Waals surface area contributed by atoms with E-state index in [0.717, 1.165) is 29.9 Å². The van der Waals surface area contributed by atoms with Crippen LogP contribution in [0.2, 0.25) is 0 Å². The maximum atomic E-state index is 14.6. The molecule has 0 atom stereocenters. The van der Waals surface area contributed by atoms with E-state index in [0.29, 0.717) is 11.4 Å². The summed E-state index contributed by atoms with van der Waals surface area (Å²) in [5, 5.41) is 8.70. The normalized spacial score (nSPS) is 11.9. The van der Waals surface area contributed by atoms with Crippen LogP contribution in [0, 0.1) is 5.82 Å². The second-order valence-corrected chi connectivity index (χ2v) is 7.13. The number of ether oxygens (including phenoxy) is 1. The van der Waals surface area contributed by atoms with Gasteiger partial charge in [0.15, 0.2) is 22.4 Å². The summed E-state index contributed by atoms with van der Waals surface area (Å²) in [5.74, 6) is -0.192. The van der Waals surface area contributed by atoms with E-state index in [4.69, 9.17) is 17.0 Å². The van der Waals surface area contributed by atoms with Crippen molar-refractivity contribution in [2.45, 2.75) is 12.8 Å². The third kappa shape index (κ3) is 4.72. The molecule has 8 heteroatoms. The van der Waals surface area contributed by atoms with Crippen molar-refractivity contribution >= 4 is 34.6 Å². The molecule has 1 aromatic heterocycles. The number of benzene rings is 2. The van der Waals surface area contributed by atoms with Crippen LogP contribution in [0.4, 0.5) is 15.8 Å². The molecule has 0 aliphatic carbocycles. The first kappa shape index (κ1) is 19.8. The Morgan fingerprint density at radius 2 is 2.00 bits per heavy atom. The van der Waals surface area contributed by atoms with Gasteiger partial charge >= 0.3 is 0 Å². The van der Waals surface area contributed by atoms with Gasteiger partial charge in [-0.05, 0) is 29.9 Å². The number of nitrogens with one attached hydrogen (secondary N) is 3. The summed E-state index contributed by atoms with van der Waals surface area (Å²) >= 11 is 5.15. The summed E-state index contributed by atoms with van der Waals surface area (Å²) in [7, 11) is 0. The highest BCUT2D eigenvalue weighted by molar-refractivity contribution is 7.80. The zero-order valence-electron chi connectivity index (χ0n) is 15.9. The van der Waals surface area contributed by atoms with E-state index in [2.05, 4.69) is 20.9 Å². The van der Waals surface area contributed by atoms with Gasteiger partial charge in [-0.3, -0.25) is 9.78 Å². The minimum Gasteiger partial charge on any atom is -0.452 e. The molecule has 1 aliphatic heterocycles. The number of carbonyl (C=O) groups excluding carboxylic acids is 1. The van der Waals surface area contributed by atoms with Gasteiger partial charge in [0.05, 0.1) is 17.8 Å². The number of hydrogen-bond donors (Lipinski definition) is 3. The molecule has 0 saturated heterocycles. The Morgan fingerprint density at radius 1 is 1.17 bits per heavy atom.